The molecule has 0 spiro atoms. The van der Waals surface area contributed by atoms with Crippen molar-refractivity contribution in [1.29, 1.82) is 0 Å². The molecule has 0 aliphatic carbocycles. The molecule has 106 valence electrons. The smallest absolute Gasteiger partial charge is 0.235 e. The van der Waals surface area contributed by atoms with Crippen molar-refractivity contribution in [2.24, 2.45) is 0 Å². The summed E-state index contributed by atoms with van der Waals surface area (Å²) in [6.07, 6.45) is 0. The molecule has 0 unspecified atom stereocenters. The van der Waals surface area contributed by atoms with Gasteiger partial charge in [0, 0.05) is 13.6 Å². The lowest BCUT2D eigenvalue weighted by atomic mass is 10.1. The lowest BCUT2D eigenvalue weighted by molar-refractivity contribution is -0.121. The normalized spacial score (nSPS) is 11.6. The van der Waals surface area contributed by atoms with Crippen molar-refractivity contribution in [3.8, 4) is 0 Å². The van der Waals surface area contributed by atoms with Crippen molar-refractivity contribution < 1.29 is 13.2 Å². The van der Waals surface area contributed by atoms with Crippen LogP contribution in [0.5, 0.6) is 0 Å². The van der Waals surface area contributed by atoms with Gasteiger partial charge in [0.2, 0.25) is 15.9 Å². The SMILES string of the molecule is CCS(=O)(=O)N(C)CC(=O)NCc1ccccc1C. The number of benzene rings is 1. The number of sulfonamides is 1. The second-order valence-corrected chi connectivity index (χ2v) is 6.72. The molecule has 6 heteroatoms. The van der Waals surface area contributed by atoms with Gasteiger partial charge < -0.3 is 5.32 Å². The number of likely N-dealkylation sites (N-methyl/N-ethyl adjacent to an activating group) is 1. The Bertz CT molecular complexity index is 541. The topological polar surface area (TPSA) is 66.5 Å². The summed E-state index contributed by atoms with van der Waals surface area (Å²) in [6, 6.07) is 7.74. The summed E-state index contributed by atoms with van der Waals surface area (Å²) in [5.74, 6) is -0.308. The Labute approximate surface area is 114 Å². The second-order valence-electron chi connectivity index (χ2n) is 4.36. The van der Waals surface area contributed by atoms with Crippen LogP contribution in [0.25, 0.3) is 0 Å². The van der Waals surface area contributed by atoms with Gasteiger partial charge in [-0.05, 0) is 25.0 Å². The Kier molecular flexibility index (Phi) is 5.50. The predicted molar refractivity (Wildman–Crippen MR) is 75.1 cm³/mol. The third kappa shape index (κ3) is 4.65. The van der Waals surface area contributed by atoms with Crippen LogP contribution >= 0.6 is 0 Å². The number of nitrogens with zero attached hydrogens (tertiary/aromatic N) is 1. The lowest BCUT2D eigenvalue weighted by Crippen LogP contribution is -2.38. The molecular weight excluding hydrogens is 264 g/mol. The molecule has 0 saturated heterocycles. The highest BCUT2D eigenvalue weighted by Crippen LogP contribution is 2.06. The third-order valence-electron chi connectivity index (χ3n) is 2.94. The van der Waals surface area contributed by atoms with Gasteiger partial charge in [0.05, 0.1) is 12.3 Å². The second kappa shape index (κ2) is 6.68. The average Bonchev–Trinajstić information content (AvgIpc) is 2.37. The number of nitrogens with one attached hydrogen (secondary N) is 1. The molecule has 0 aromatic heterocycles. The molecule has 0 heterocycles. The maximum atomic E-state index is 11.7. The summed E-state index contributed by atoms with van der Waals surface area (Å²) in [5, 5.41) is 2.72. The molecule has 1 N–H and O–H groups in total. The first-order valence-electron chi connectivity index (χ1n) is 6.12. The third-order valence-corrected chi connectivity index (χ3v) is 4.75. The molecule has 0 aliphatic rings. The van der Waals surface area contributed by atoms with Crippen LogP contribution in [-0.4, -0.2) is 38.0 Å². The molecule has 19 heavy (non-hydrogen) atoms. The van der Waals surface area contributed by atoms with Crippen molar-refractivity contribution in [3.63, 3.8) is 0 Å². The van der Waals surface area contributed by atoms with Gasteiger partial charge in [-0.25, -0.2) is 8.42 Å². The first kappa shape index (κ1) is 15.7. The van der Waals surface area contributed by atoms with Crippen LogP contribution in [0.1, 0.15) is 18.1 Å². The molecule has 1 aromatic carbocycles. The van der Waals surface area contributed by atoms with Crippen LogP contribution in [0, 0.1) is 6.92 Å². The Balaban J connectivity index is 2.51. The van der Waals surface area contributed by atoms with E-state index in [1.54, 1.807) is 6.92 Å². The number of carbonyl (C=O) groups excluding carboxylic acids is 1. The van der Waals surface area contributed by atoms with E-state index in [2.05, 4.69) is 5.32 Å². The highest BCUT2D eigenvalue weighted by atomic mass is 32.2. The van der Waals surface area contributed by atoms with Crippen LogP contribution in [0.2, 0.25) is 0 Å². The van der Waals surface area contributed by atoms with Gasteiger partial charge >= 0.3 is 0 Å². The minimum absolute atomic E-state index is 0.00538. The van der Waals surface area contributed by atoms with E-state index in [-0.39, 0.29) is 18.2 Å². The Morgan fingerprint density at radius 1 is 1.32 bits per heavy atom. The first-order valence-corrected chi connectivity index (χ1v) is 7.73. The minimum atomic E-state index is -3.31. The summed E-state index contributed by atoms with van der Waals surface area (Å²) in [4.78, 5) is 11.7. The van der Waals surface area contributed by atoms with E-state index in [1.165, 1.54) is 7.05 Å². The molecule has 0 radical (unpaired) electrons. The zero-order chi connectivity index (χ0) is 14.5. The van der Waals surface area contributed by atoms with Gasteiger partial charge in [0.15, 0.2) is 0 Å². The Morgan fingerprint density at radius 2 is 1.95 bits per heavy atom. The van der Waals surface area contributed by atoms with Crippen molar-refractivity contribution in [3.05, 3.63) is 35.4 Å². The Hall–Kier alpha value is -1.40. The molecule has 0 bridgehead atoms. The molecule has 1 rings (SSSR count). The molecule has 0 atom stereocenters. The maximum absolute atomic E-state index is 11.7. The highest BCUT2D eigenvalue weighted by molar-refractivity contribution is 7.89. The fourth-order valence-corrected chi connectivity index (χ4v) is 2.33. The van der Waals surface area contributed by atoms with Crippen LogP contribution in [-0.2, 0) is 21.4 Å². The molecule has 1 aromatic rings. The van der Waals surface area contributed by atoms with Gasteiger partial charge in [0.1, 0.15) is 0 Å². The molecule has 5 nitrogen and oxygen atoms in total. The standard InChI is InChI=1S/C13H20N2O3S/c1-4-19(17,18)15(3)10-13(16)14-9-12-8-6-5-7-11(12)2/h5-8H,4,9-10H2,1-3H3,(H,14,16). The number of aryl methyl sites for hydroxylation is 1. The van der Waals surface area contributed by atoms with E-state index in [9.17, 15) is 13.2 Å². The van der Waals surface area contributed by atoms with Gasteiger partial charge in [-0.2, -0.15) is 4.31 Å². The van der Waals surface area contributed by atoms with E-state index in [4.69, 9.17) is 0 Å². The molecule has 1 amide bonds. The monoisotopic (exact) mass is 284 g/mol. The molecule has 0 fully saturated rings. The zero-order valence-corrected chi connectivity index (χ0v) is 12.3. The number of amides is 1. The van der Waals surface area contributed by atoms with Gasteiger partial charge in [0.25, 0.3) is 0 Å². The quantitative estimate of drug-likeness (QED) is 0.843. The summed E-state index contributed by atoms with van der Waals surface area (Å²) in [7, 11) is -1.90. The van der Waals surface area contributed by atoms with Crippen LogP contribution in [0.4, 0.5) is 0 Å². The lowest BCUT2D eigenvalue weighted by Gasteiger charge is -2.15. The zero-order valence-electron chi connectivity index (χ0n) is 11.5. The van der Waals surface area contributed by atoms with E-state index in [0.29, 0.717) is 6.54 Å². The minimum Gasteiger partial charge on any atom is -0.351 e. The van der Waals surface area contributed by atoms with Crippen LogP contribution < -0.4 is 5.32 Å². The van der Waals surface area contributed by atoms with Crippen LogP contribution in [0.15, 0.2) is 24.3 Å². The fourth-order valence-electron chi connectivity index (χ4n) is 1.58. The first-order chi connectivity index (χ1) is 8.86. The largest absolute Gasteiger partial charge is 0.351 e. The molecule has 0 saturated carbocycles. The van der Waals surface area contributed by atoms with Gasteiger partial charge in [-0.1, -0.05) is 24.3 Å². The van der Waals surface area contributed by atoms with Crippen LogP contribution in [0.3, 0.4) is 0 Å². The predicted octanol–water partition coefficient (Wildman–Crippen LogP) is 0.893. The van der Waals surface area contributed by atoms with Crippen molar-refractivity contribution in [1.82, 2.24) is 9.62 Å². The molecule has 0 aliphatic heterocycles. The number of carbonyl (C=O) groups is 1. The highest BCUT2D eigenvalue weighted by Gasteiger charge is 2.17. The van der Waals surface area contributed by atoms with Crippen molar-refractivity contribution in [2.75, 3.05) is 19.3 Å². The van der Waals surface area contributed by atoms with Crippen molar-refractivity contribution in [2.45, 2.75) is 20.4 Å². The van der Waals surface area contributed by atoms with E-state index >= 15 is 0 Å². The van der Waals surface area contributed by atoms with Gasteiger partial charge in [-0.3, -0.25) is 4.79 Å². The summed E-state index contributed by atoms with van der Waals surface area (Å²) in [6.45, 7) is 3.78. The maximum Gasteiger partial charge on any atom is 0.235 e. The molecular formula is C13H20N2O3S. The summed E-state index contributed by atoms with van der Waals surface area (Å²) in [5.41, 5.74) is 2.12. The number of rotatable bonds is 6. The van der Waals surface area contributed by atoms with E-state index < -0.39 is 10.0 Å². The van der Waals surface area contributed by atoms with Crippen molar-refractivity contribution >= 4 is 15.9 Å². The summed E-state index contributed by atoms with van der Waals surface area (Å²) >= 11 is 0. The average molecular weight is 284 g/mol. The Morgan fingerprint density at radius 3 is 2.53 bits per heavy atom. The number of hydrogen-bond donors (Lipinski definition) is 1. The van der Waals surface area contributed by atoms with E-state index in [0.717, 1.165) is 15.4 Å². The van der Waals surface area contributed by atoms with E-state index in [1.807, 2.05) is 31.2 Å². The summed E-state index contributed by atoms with van der Waals surface area (Å²) < 4.78 is 24.1. The fraction of sp³-hybridized carbons (Fsp3) is 0.462. The number of hydrogen-bond acceptors (Lipinski definition) is 3. The van der Waals surface area contributed by atoms with Gasteiger partial charge in [-0.15, -0.1) is 0 Å².